The average molecular weight is 476 g/mol. The molecule has 0 saturated carbocycles. The van der Waals surface area contributed by atoms with E-state index in [9.17, 15) is 14.4 Å². The number of nitrogens with zero attached hydrogens (tertiary/aromatic N) is 1. The van der Waals surface area contributed by atoms with Gasteiger partial charge in [0.2, 0.25) is 5.56 Å². The van der Waals surface area contributed by atoms with E-state index in [1.165, 1.54) is 6.07 Å². The number of aromatic nitrogens is 2. The molecule has 0 aliphatic carbocycles. The lowest BCUT2D eigenvalue weighted by Gasteiger charge is -2.19. The van der Waals surface area contributed by atoms with Crippen molar-refractivity contribution in [3.8, 4) is 0 Å². The molecule has 1 atom stereocenters. The molecule has 0 aliphatic rings. The minimum atomic E-state index is -1.00. The summed E-state index contributed by atoms with van der Waals surface area (Å²) in [5.41, 5.74) is 2.13. The second-order valence-corrected chi connectivity index (χ2v) is 8.12. The number of ether oxygens (including phenoxy) is 1. The second kappa shape index (κ2) is 10.8. The molecule has 34 heavy (non-hydrogen) atoms. The van der Waals surface area contributed by atoms with Crippen LogP contribution in [0.15, 0.2) is 83.8 Å². The monoisotopic (exact) mass is 475 g/mol. The van der Waals surface area contributed by atoms with Gasteiger partial charge in [0.15, 0.2) is 0 Å². The number of esters is 1. The molecule has 2 heterocycles. The van der Waals surface area contributed by atoms with Gasteiger partial charge in [-0.25, -0.2) is 4.79 Å². The lowest BCUT2D eigenvalue weighted by atomic mass is 10.0. The number of carbonyl (C=O) groups excluding carboxylic acids is 2. The predicted octanol–water partition coefficient (Wildman–Crippen LogP) is 3.70. The van der Waals surface area contributed by atoms with E-state index in [0.717, 1.165) is 11.1 Å². The number of hydrogen-bond donors (Lipinski definition) is 2. The van der Waals surface area contributed by atoms with E-state index in [-0.39, 0.29) is 18.6 Å². The zero-order chi connectivity index (χ0) is 23.9. The highest BCUT2D eigenvalue weighted by atomic mass is 35.5. The third kappa shape index (κ3) is 5.88. The standard InChI is InChI=1S/C26H22ClN3O4/c27-19-10-8-17(9-11-19)25(32)30-23(26(33)34-14-12-20-5-3-4-13-28-20)15-18-16-24(31)29-22-7-2-1-6-21(18)22/h1-11,13,16,23H,12,14-15H2,(H,29,31)(H,30,32). The number of amides is 1. The summed E-state index contributed by atoms with van der Waals surface area (Å²) < 4.78 is 5.48. The highest BCUT2D eigenvalue weighted by molar-refractivity contribution is 6.30. The fraction of sp³-hybridized carbons (Fsp3) is 0.154. The average Bonchev–Trinajstić information content (AvgIpc) is 2.84. The maximum absolute atomic E-state index is 13.0. The Balaban J connectivity index is 1.55. The van der Waals surface area contributed by atoms with Crippen molar-refractivity contribution in [2.75, 3.05) is 6.61 Å². The summed E-state index contributed by atoms with van der Waals surface area (Å²) in [6.45, 7) is 0.110. The van der Waals surface area contributed by atoms with E-state index in [1.54, 1.807) is 36.5 Å². The van der Waals surface area contributed by atoms with Gasteiger partial charge in [0.25, 0.3) is 5.91 Å². The molecule has 0 saturated heterocycles. The molecular formula is C26H22ClN3O4. The Morgan fingerprint density at radius 2 is 1.79 bits per heavy atom. The Morgan fingerprint density at radius 3 is 2.56 bits per heavy atom. The Kier molecular flexibility index (Phi) is 7.34. The molecule has 2 N–H and O–H groups in total. The van der Waals surface area contributed by atoms with Gasteiger partial charge in [0.1, 0.15) is 6.04 Å². The molecule has 0 radical (unpaired) electrons. The Morgan fingerprint density at radius 1 is 1.03 bits per heavy atom. The van der Waals surface area contributed by atoms with Gasteiger partial charge in [-0.05, 0) is 48.0 Å². The number of carbonyl (C=O) groups is 2. The van der Waals surface area contributed by atoms with Crippen LogP contribution in [-0.2, 0) is 22.4 Å². The van der Waals surface area contributed by atoms with Crippen LogP contribution < -0.4 is 10.9 Å². The first-order valence-electron chi connectivity index (χ1n) is 10.7. The van der Waals surface area contributed by atoms with Crippen molar-refractivity contribution in [3.63, 3.8) is 0 Å². The smallest absolute Gasteiger partial charge is 0.329 e. The van der Waals surface area contributed by atoms with Crippen LogP contribution in [0.4, 0.5) is 0 Å². The number of hydrogen-bond acceptors (Lipinski definition) is 5. The Labute approximate surface area is 200 Å². The van der Waals surface area contributed by atoms with Gasteiger partial charge in [0.05, 0.1) is 6.61 Å². The van der Waals surface area contributed by atoms with Crippen LogP contribution in [-0.4, -0.2) is 34.5 Å². The van der Waals surface area contributed by atoms with Crippen LogP contribution >= 0.6 is 11.6 Å². The van der Waals surface area contributed by atoms with Gasteiger partial charge in [0, 0.05) is 52.3 Å². The molecule has 0 aliphatic heterocycles. The van der Waals surface area contributed by atoms with Gasteiger partial charge in [-0.1, -0.05) is 35.9 Å². The molecular weight excluding hydrogens is 454 g/mol. The minimum absolute atomic E-state index is 0.0895. The molecule has 2 aromatic heterocycles. The molecule has 4 rings (SSSR count). The number of halogens is 1. The van der Waals surface area contributed by atoms with E-state index in [4.69, 9.17) is 16.3 Å². The van der Waals surface area contributed by atoms with E-state index < -0.39 is 17.9 Å². The van der Waals surface area contributed by atoms with Crippen molar-refractivity contribution in [1.82, 2.24) is 15.3 Å². The number of pyridine rings is 2. The first-order valence-corrected chi connectivity index (χ1v) is 11.1. The number of rotatable bonds is 8. The first kappa shape index (κ1) is 23.2. The lowest BCUT2D eigenvalue weighted by Crippen LogP contribution is -2.43. The summed E-state index contributed by atoms with van der Waals surface area (Å²) in [6.07, 6.45) is 2.20. The fourth-order valence-corrected chi connectivity index (χ4v) is 3.73. The quantitative estimate of drug-likeness (QED) is 0.378. The summed E-state index contributed by atoms with van der Waals surface area (Å²) >= 11 is 5.91. The van der Waals surface area contributed by atoms with Crippen molar-refractivity contribution in [1.29, 1.82) is 0 Å². The van der Waals surface area contributed by atoms with Crippen LogP contribution in [0, 0.1) is 0 Å². The fourth-order valence-electron chi connectivity index (χ4n) is 3.60. The second-order valence-electron chi connectivity index (χ2n) is 7.68. The summed E-state index contributed by atoms with van der Waals surface area (Å²) in [6, 6.07) is 19.6. The number of nitrogens with one attached hydrogen (secondary N) is 2. The topological polar surface area (TPSA) is 101 Å². The van der Waals surface area contributed by atoms with Crippen molar-refractivity contribution >= 4 is 34.4 Å². The number of para-hydroxylation sites is 1. The largest absolute Gasteiger partial charge is 0.464 e. The normalized spacial score (nSPS) is 11.7. The summed E-state index contributed by atoms with van der Waals surface area (Å²) in [5.74, 6) is -1.04. The highest BCUT2D eigenvalue weighted by Crippen LogP contribution is 2.17. The first-order chi connectivity index (χ1) is 16.5. The van der Waals surface area contributed by atoms with Gasteiger partial charge in [-0.2, -0.15) is 0 Å². The molecule has 1 unspecified atom stereocenters. The van der Waals surface area contributed by atoms with Crippen LogP contribution in [0.3, 0.4) is 0 Å². The molecule has 2 aromatic carbocycles. The highest BCUT2D eigenvalue weighted by Gasteiger charge is 2.24. The zero-order valence-electron chi connectivity index (χ0n) is 18.2. The molecule has 7 nitrogen and oxygen atoms in total. The minimum Gasteiger partial charge on any atom is -0.464 e. The predicted molar refractivity (Wildman–Crippen MR) is 130 cm³/mol. The van der Waals surface area contributed by atoms with E-state index in [2.05, 4.69) is 15.3 Å². The van der Waals surface area contributed by atoms with Gasteiger partial charge < -0.3 is 15.0 Å². The van der Waals surface area contributed by atoms with E-state index in [0.29, 0.717) is 28.1 Å². The van der Waals surface area contributed by atoms with E-state index in [1.807, 2.05) is 36.4 Å². The number of H-pyrrole nitrogens is 1. The molecule has 0 bridgehead atoms. The van der Waals surface area contributed by atoms with Crippen molar-refractivity contribution in [2.45, 2.75) is 18.9 Å². The summed E-state index contributed by atoms with van der Waals surface area (Å²) in [5, 5.41) is 4.03. The zero-order valence-corrected chi connectivity index (χ0v) is 18.9. The van der Waals surface area contributed by atoms with Crippen molar-refractivity contribution in [3.05, 3.63) is 111 Å². The number of benzene rings is 2. The molecule has 0 fully saturated rings. The molecule has 4 aromatic rings. The molecule has 0 spiro atoms. The molecule has 8 heteroatoms. The molecule has 172 valence electrons. The molecule has 1 amide bonds. The van der Waals surface area contributed by atoms with Crippen LogP contribution in [0.25, 0.3) is 10.9 Å². The maximum Gasteiger partial charge on any atom is 0.329 e. The van der Waals surface area contributed by atoms with Crippen LogP contribution in [0.5, 0.6) is 0 Å². The van der Waals surface area contributed by atoms with Crippen LogP contribution in [0.1, 0.15) is 21.6 Å². The van der Waals surface area contributed by atoms with E-state index >= 15 is 0 Å². The summed E-state index contributed by atoms with van der Waals surface area (Å²) in [7, 11) is 0. The van der Waals surface area contributed by atoms with Gasteiger partial charge >= 0.3 is 5.97 Å². The Bertz CT molecular complexity index is 1350. The van der Waals surface area contributed by atoms with Gasteiger partial charge in [-0.3, -0.25) is 14.6 Å². The number of fused-ring (bicyclic) bond motifs is 1. The van der Waals surface area contributed by atoms with Crippen molar-refractivity contribution in [2.24, 2.45) is 0 Å². The van der Waals surface area contributed by atoms with Crippen LogP contribution in [0.2, 0.25) is 5.02 Å². The third-order valence-electron chi connectivity index (χ3n) is 5.29. The third-order valence-corrected chi connectivity index (χ3v) is 5.54. The van der Waals surface area contributed by atoms with Gasteiger partial charge in [-0.15, -0.1) is 0 Å². The lowest BCUT2D eigenvalue weighted by molar-refractivity contribution is -0.145. The maximum atomic E-state index is 13.0. The summed E-state index contributed by atoms with van der Waals surface area (Å²) in [4.78, 5) is 45.0. The SMILES string of the molecule is O=C(NC(Cc1cc(=O)[nH]c2ccccc12)C(=O)OCCc1ccccn1)c1ccc(Cl)cc1. The Hall–Kier alpha value is -3.97. The van der Waals surface area contributed by atoms with Crippen molar-refractivity contribution < 1.29 is 14.3 Å². The number of aromatic amines is 1.